The summed E-state index contributed by atoms with van der Waals surface area (Å²) in [6, 6.07) is 5.15. The van der Waals surface area contributed by atoms with Gasteiger partial charge < -0.3 is 19.5 Å². The second-order valence-corrected chi connectivity index (χ2v) is 7.07. The highest BCUT2D eigenvalue weighted by atomic mass is 16.5. The second kappa shape index (κ2) is 8.55. The first-order valence-electron chi connectivity index (χ1n) is 9.54. The van der Waals surface area contributed by atoms with Gasteiger partial charge in [-0.15, -0.1) is 0 Å². The molecule has 0 saturated heterocycles. The van der Waals surface area contributed by atoms with Crippen LogP contribution in [0.15, 0.2) is 51.7 Å². The quantitative estimate of drug-likeness (QED) is 0.553. The van der Waals surface area contributed by atoms with Crippen LogP contribution in [0.4, 0.5) is 5.82 Å². The number of ether oxygens (including phenoxy) is 3. The van der Waals surface area contributed by atoms with E-state index in [2.05, 4.69) is 11.9 Å². The first kappa shape index (κ1) is 21.9. The molecule has 31 heavy (non-hydrogen) atoms. The summed E-state index contributed by atoms with van der Waals surface area (Å²) >= 11 is 0. The first-order chi connectivity index (χ1) is 14.8. The fourth-order valence-electron chi connectivity index (χ4n) is 3.74. The predicted octanol–water partition coefficient (Wildman–Crippen LogP) is 1.66. The zero-order valence-corrected chi connectivity index (χ0v) is 18.1. The summed E-state index contributed by atoms with van der Waals surface area (Å²) in [7, 11) is 5.98. The van der Waals surface area contributed by atoms with Gasteiger partial charge in [-0.05, 0) is 24.6 Å². The second-order valence-electron chi connectivity index (χ2n) is 7.07. The summed E-state index contributed by atoms with van der Waals surface area (Å²) in [5.41, 5.74) is 0.621. The number of carbonyl (C=O) groups is 1. The number of carbonyl (C=O) groups excluding carboxylic acids is 1. The minimum atomic E-state index is -0.793. The van der Waals surface area contributed by atoms with E-state index in [0.29, 0.717) is 28.6 Å². The van der Waals surface area contributed by atoms with Crippen LogP contribution in [0.2, 0.25) is 0 Å². The lowest BCUT2D eigenvalue weighted by Gasteiger charge is -2.31. The molecular formula is C22H25N3O6. The molecule has 1 N–H and O–H groups in total. The lowest BCUT2D eigenvalue weighted by Crippen LogP contribution is -2.43. The Bertz CT molecular complexity index is 1200. The molecule has 2 aromatic rings. The molecule has 3 rings (SSSR count). The average molecular weight is 427 g/mol. The van der Waals surface area contributed by atoms with Gasteiger partial charge >= 0.3 is 11.7 Å². The van der Waals surface area contributed by atoms with E-state index in [-0.39, 0.29) is 17.7 Å². The van der Waals surface area contributed by atoms with Crippen molar-refractivity contribution in [2.75, 3.05) is 26.1 Å². The number of nitrogens with one attached hydrogen (secondary N) is 1. The van der Waals surface area contributed by atoms with E-state index in [9.17, 15) is 14.4 Å². The Labute approximate surface area is 179 Å². The molecule has 1 aromatic carbocycles. The van der Waals surface area contributed by atoms with Gasteiger partial charge in [0.05, 0.1) is 31.3 Å². The zero-order valence-electron chi connectivity index (χ0n) is 18.1. The molecule has 1 aliphatic heterocycles. The molecular weight excluding hydrogens is 402 g/mol. The van der Waals surface area contributed by atoms with Crippen LogP contribution < -0.4 is 26.0 Å². The van der Waals surface area contributed by atoms with Gasteiger partial charge in [0.15, 0.2) is 11.5 Å². The highest BCUT2D eigenvalue weighted by Gasteiger charge is 2.37. The minimum Gasteiger partial charge on any atom is -0.493 e. The van der Waals surface area contributed by atoms with Gasteiger partial charge in [0.2, 0.25) is 0 Å². The predicted molar refractivity (Wildman–Crippen MR) is 116 cm³/mol. The maximum absolute atomic E-state index is 13.2. The third kappa shape index (κ3) is 3.63. The van der Waals surface area contributed by atoms with Crippen molar-refractivity contribution in [1.82, 2.24) is 9.13 Å². The third-order valence-electron chi connectivity index (χ3n) is 5.28. The molecule has 9 nitrogen and oxygen atoms in total. The van der Waals surface area contributed by atoms with Crippen molar-refractivity contribution in [2.45, 2.75) is 12.8 Å². The van der Waals surface area contributed by atoms with E-state index in [0.717, 1.165) is 4.57 Å². The Morgan fingerprint density at radius 2 is 1.84 bits per heavy atom. The number of fused-ring (bicyclic) bond motifs is 1. The van der Waals surface area contributed by atoms with Gasteiger partial charge in [-0.2, -0.15) is 0 Å². The number of aromatic nitrogens is 2. The number of esters is 1. The third-order valence-corrected chi connectivity index (χ3v) is 5.28. The number of methoxy groups -OCH3 is 2. The highest BCUT2D eigenvalue weighted by molar-refractivity contribution is 5.94. The van der Waals surface area contributed by atoms with Crippen molar-refractivity contribution in [3.8, 4) is 11.5 Å². The Hall–Kier alpha value is -3.75. The van der Waals surface area contributed by atoms with Gasteiger partial charge in [-0.1, -0.05) is 18.7 Å². The highest BCUT2D eigenvalue weighted by Crippen LogP contribution is 2.42. The van der Waals surface area contributed by atoms with Crippen LogP contribution in [0.1, 0.15) is 24.0 Å². The van der Waals surface area contributed by atoms with E-state index in [1.165, 1.54) is 31.9 Å². The summed E-state index contributed by atoms with van der Waals surface area (Å²) in [4.78, 5) is 38.7. The summed E-state index contributed by atoms with van der Waals surface area (Å²) < 4.78 is 18.4. The van der Waals surface area contributed by atoms with Crippen molar-refractivity contribution < 1.29 is 19.0 Å². The SMILES string of the molecule is C=CCOC(=O)C1=C(C)Nc2c(c(=O)n(C)c(=O)n2C)[C@@H]1c1ccc(OC)c(OC)c1. The normalized spacial score (nSPS) is 15.1. The summed E-state index contributed by atoms with van der Waals surface area (Å²) in [5.74, 6) is -0.112. The Kier molecular flexibility index (Phi) is 6.05. The van der Waals surface area contributed by atoms with Crippen molar-refractivity contribution in [2.24, 2.45) is 14.1 Å². The van der Waals surface area contributed by atoms with Gasteiger partial charge in [0.1, 0.15) is 12.4 Å². The largest absolute Gasteiger partial charge is 0.493 e. The summed E-state index contributed by atoms with van der Waals surface area (Å²) in [6.07, 6.45) is 1.46. The van der Waals surface area contributed by atoms with E-state index < -0.39 is 23.1 Å². The summed E-state index contributed by atoms with van der Waals surface area (Å²) in [6.45, 7) is 5.29. The standard InChI is InChI=1S/C22H25N3O6/c1-7-10-31-21(27)16-12(2)23-19-18(20(26)25(4)22(28)24(19)3)17(16)13-8-9-14(29-5)15(11-13)30-6/h7-9,11,17,23H,1,10H2,2-6H3/t17-/m1/s1. The fraction of sp³-hybridized carbons (Fsp3) is 0.318. The molecule has 1 aromatic heterocycles. The number of rotatable bonds is 6. The van der Waals surface area contributed by atoms with Gasteiger partial charge in [0, 0.05) is 19.8 Å². The molecule has 0 saturated carbocycles. The van der Waals surface area contributed by atoms with Crippen LogP contribution in [-0.2, 0) is 23.6 Å². The number of benzene rings is 1. The monoisotopic (exact) mass is 427 g/mol. The molecule has 0 unspecified atom stereocenters. The molecule has 0 spiro atoms. The average Bonchev–Trinajstić information content (AvgIpc) is 2.78. The summed E-state index contributed by atoms with van der Waals surface area (Å²) in [5, 5.41) is 3.04. The number of anilines is 1. The number of hydrogen-bond donors (Lipinski definition) is 1. The number of hydrogen-bond acceptors (Lipinski definition) is 7. The molecule has 9 heteroatoms. The van der Waals surface area contributed by atoms with Crippen LogP contribution >= 0.6 is 0 Å². The molecule has 0 aliphatic carbocycles. The lowest BCUT2D eigenvalue weighted by molar-refractivity contribution is -0.138. The molecule has 2 heterocycles. The van der Waals surface area contributed by atoms with E-state index in [1.54, 1.807) is 32.2 Å². The Balaban J connectivity index is 2.35. The molecule has 0 bridgehead atoms. The molecule has 0 amide bonds. The van der Waals surface area contributed by atoms with E-state index in [1.807, 2.05) is 0 Å². The van der Waals surface area contributed by atoms with Crippen molar-refractivity contribution in [3.63, 3.8) is 0 Å². The van der Waals surface area contributed by atoms with Crippen LogP contribution in [0, 0.1) is 0 Å². The smallest absolute Gasteiger partial charge is 0.337 e. The van der Waals surface area contributed by atoms with Crippen molar-refractivity contribution in [1.29, 1.82) is 0 Å². The van der Waals surface area contributed by atoms with Crippen LogP contribution in [0.5, 0.6) is 11.5 Å². The molecule has 0 radical (unpaired) electrons. The lowest BCUT2D eigenvalue weighted by atomic mass is 9.82. The Morgan fingerprint density at radius 1 is 1.16 bits per heavy atom. The first-order valence-corrected chi connectivity index (χ1v) is 9.54. The fourth-order valence-corrected chi connectivity index (χ4v) is 3.74. The number of allylic oxidation sites excluding steroid dienone is 1. The number of nitrogens with zero attached hydrogens (tertiary/aromatic N) is 2. The topological polar surface area (TPSA) is 101 Å². The molecule has 1 atom stereocenters. The molecule has 164 valence electrons. The maximum Gasteiger partial charge on any atom is 0.337 e. The minimum absolute atomic E-state index is 0.0202. The van der Waals surface area contributed by atoms with E-state index >= 15 is 0 Å². The van der Waals surface area contributed by atoms with Gasteiger partial charge in [-0.25, -0.2) is 9.59 Å². The van der Waals surface area contributed by atoms with Gasteiger partial charge in [0.25, 0.3) is 5.56 Å². The van der Waals surface area contributed by atoms with Crippen LogP contribution in [-0.4, -0.2) is 35.9 Å². The maximum atomic E-state index is 13.2. The van der Waals surface area contributed by atoms with Crippen molar-refractivity contribution >= 4 is 11.8 Å². The van der Waals surface area contributed by atoms with Gasteiger partial charge in [-0.3, -0.25) is 13.9 Å². The van der Waals surface area contributed by atoms with E-state index in [4.69, 9.17) is 14.2 Å². The molecule has 1 aliphatic rings. The van der Waals surface area contributed by atoms with Crippen LogP contribution in [0.3, 0.4) is 0 Å². The Morgan fingerprint density at radius 3 is 2.45 bits per heavy atom. The van der Waals surface area contributed by atoms with Crippen LogP contribution in [0.25, 0.3) is 0 Å². The zero-order chi connectivity index (χ0) is 22.9. The molecule has 0 fully saturated rings. The van der Waals surface area contributed by atoms with Crippen molar-refractivity contribution in [3.05, 3.63) is 74.1 Å².